The van der Waals surface area contributed by atoms with Crippen molar-refractivity contribution in [1.29, 1.82) is 0 Å². The first-order valence-electron chi connectivity index (χ1n) is 7.13. The highest BCUT2D eigenvalue weighted by molar-refractivity contribution is 5.70. The minimum absolute atomic E-state index is 0.0535. The number of carboxylic acid groups (broad SMARTS) is 1. The average Bonchev–Trinajstić information content (AvgIpc) is 2.40. The van der Waals surface area contributed by atoms with Gasteiger partial charge in [0.15, 0.2) is 0 Å². The molecule has 0 aliphatic rings. The summed E-state index contributed by atoms with van der Waals surface area (Å²) in [4.78, 5) is 12.8. The maximum atomic E-state index is 10.6. The lowest BCUT2D eigenvalue weighted by Gasteiger charge is -2.20. The molecule has 0 saturated heterocycles. The summed E-state index contributed by atoms with van der Waals surface area (Å²) >= 11 is 0. The quantitative estimate of drug-likeness (QED) is 0.755. The van der Waals surface area contributed by atoms with Gasteiger partial charge in [0.25, 0.3) is 0 Å². The molecule has 112 valence electrons. The second kappa shape index (κ2) is 8.59. The minimum atomic E-state index is -0.815. The van der Waals surface area contributed by atoms with Crippen molar-refractivity contribution in [3.05, 3.63) is 29.8 Å². The number of ether oxygens (including phenoxy) is 1. The molecule has 1 atom stereocenters. The molecule has 20 heavy (non-hydrogen) atoms. The molecule has 1 rings (SSSR count). The molecule has 0 heterocycles. The van der Waals surface area contributed by atoms with E-state index in [1.807, 2.05) is 12.1 Å². The van der Waals surface area contributed by atoms with Crippen LogP contribution in [0.2, 0.25) is 0 Å². The Hall–Kier alpha value is -1.55. The molecule has 0 aliphatic carbocycles. The first-order valence-corrected chi connectivity index (χ1v) is 7.13. The predicted octanol–water partition coefficient (Wildman–Crippen LogP) is 2.67. The van der Waals surface area contributed by atoms with E-state index in [1.165, 1.54) is 6.42 Å². The molecule has 0 aliphatic heterocycles. The van der Waals surface area contributed by atoms with Gasteiger partial charge in [-0.05, 0) is 30.7 Å². The number of likely N-dealkylation sites (N-methyl/N-ethyl adjacent to an activating group) is 1. The van der Waals surface area contributed by atoms with Gasteiger partial charge < -0.3 is 14.7 Å². The Morgan fingerprint density at radius 2 is 2.00 bits per heavy atom. The van der Waals surface area contributed by atoms with Crippen LogP contribution in [-0.2, 0) is 11.2 Å². The van der Waals surface area contributed by atoms with Crippen molar-refractivity contribution in [2.45, 2.75) is 26.7 Å². The summed E-state index contributed by atoms with van der Waals surface area (Å²) in [5, 5.41) is 8.69. The van der Waals surface area contributed by atoms with Gasteiger partial charge in [0.1, 0.15) is 12.4 Å². The molecule has 4 nitrogen and oxygen atoms in total. The van der Waals surface area contributed by atoms with E-state index in [-0.39, 0.29) is 6.42 Å². The van der Waals surface area contributed by atoms with Crippen LogP contribution < -0.4 is 4.74 Å². The molecule has 1 aromatic carbocycles. The largest absolute Gasteiger partial charge is 0.492 e. The van der Waals surface area contributed by atoms with Crippen molar-refractivity contribution in [3.63, 3.8) is 0 Å². The Bertz CT molecular complexity index is 403. The van der Waals surface area contributed by atoms with E-state index in [0.29, 0.717) is 12.5 Å². The molecule has 0 saturated carbocycles. The molecule has 4 heteroatoms. The second-order valence-corrected chi connectivity index (χ2v) is 5.34. The lowest BCUT2D eigenvalue weighted by Crippen LogP contribution is -2.28. The third kappa shape index (κ3) is 6.57. The highest BCUT2D eigenvalue weighted by atomic mass is 16.5. The molecule has 0 fully saturated rings. The normalized spacial score (nSPS) is 12.4. The van der Waals surface area contributed by atoms with Crippen LogP contribution in [0.3, 0.4) is 0 Å². The minimum Gasteiger partial charge on any atom is -0.492 e. The van der Waals surface area contributed by atoms with E-state index in [4.69, 9.17) is 9.84 Å². The van der Waals surface area contributed by atoms with Crippen LogP contribution in [-0.4, -0.2) is 42.7 Å². The van der Waals surface area contributed by atoms with E-state index in [0.717, 1.165) is 24.4 Å². The molecule has 0 aromatic heterocycles. The van der Waals surface area contributed by atoms with Gasteiger partial charge in [0.05, 0.1) is 6.42 Å². The maximum Gasteiger partial charge on any atom is 0.307 e. The van der Waals surface area contributed by atoms with Crippen LogP contribution >= 0.6 is 0 Å². The van der Waals surface area contributed by atoms with E-state index < -0.39 is 5.97 Å². The van der Waals surface area contributed by atoms with Gasteiger partial charge in [0, 0.05) is 13.1 Å². The number of rotatable bonds is 9. The smallest absolute Gasteiger partial charge is 0.307 e. The Balaban J connectivity index is 2.29. The lowest BCUT2D eigenvalue weighted by molar-refractivity contribution is -0.136. The Morgan fingerprint density at radius 1 is 1.35 bits per heavy atom. The second-order valence-electron chi connectivity index (χ2n) is 5.34. The summed E-state index contributed by atoms with van der Waals surface area (Å²) in [5.74, 6) is 0.678. The summed E-state index contributed by atoms with van der Waals surface area (Å²) in [6, 6.07) is 7.25. The number of benzene rings is 1. The summed E-state index contributed by atoms with van der Waals surface area (Å²) in [6.45, 7) is 7.07. The summed E-state index contributed by atoms with van der Waals surface area (Å²) < 4.78 is 5.66. The van der Waals surface area contributed by atoms with Gasteiger partial charge in [-0.25, -0.2) is 0 Å². The van der Waals surface area contributed by atoms with Gasteiger partial charge in [-0.15, -0.1) is 0 Å². The van der Waals surface area contributed by atoms with Crippen molar-refractivity contribution < 1.29 is 14.6 Å². The van der Waals surface area contributed by atoms with Gasteiger partial charge >= 0.3 is 5.97 Å². The predicted molar refractivity (Wildman–Crippen MR) is 80.2 cm³/mol. The van der Waals surface area contributed by atoms with Crippen molar-refractivity contribution in [1.82, 2.24) is 4.90 Å². The van der Waals surface area contributed by atoms with Crippen LogP contribution in [0.25, 0.3) is 0 Å². The number of carboxylic acids is 1. The zero-order chi connectivity index (χ0) is 15.0. The Labute approximate surface area is 121 Å². The number of aliphatic carboxylic acids is 1. The standard InChI is InChI=1S/C16H25NO3/c1-4-13(2)12-17(3)9-10-20-15-7-5-14(6-8-15)11-16(18)19/h5-8,13H,4,9-12H2,1-3H3,(H,18,19). The Kier molecular flexibility index (Phi) is 7.09. The van der Waals surface area contributed by atoms with Gasteiger partial charge in [0.2, 0.25) is 0 Å². The maximum absolute atomic E-state index is 10.6. The number of nitrogens with zero attached hydrogens (tertiary/aromatic N) is 1. The summed E-state index contributed by atoms with van der Waals surface area (Å²) in [7, 11) is 2.10. The zero-order valence-electron chi connectivity index (χ0n) is 12.6. The monoisotopic (exact) mass is 279 g/mol. The Morgan fingerprint density at radius 3 is 2.55 bits per heavy atom. The van der Waals surface area contributed by atoms with Crippen LogP contribution in [0.1, 0.15) is 25.8 Å². The fourth-order valence-corrected chi connectivity index (χ4v) is 1.95. The SMILES string of the molecule is CCC(C)CN(C)CCOc1ccc(CC(=O)O)cc1. The van der Waals surface area contributed by atoms with Crippen LogP contribution in [0.4, 0.5) is 0 Å². The third-order valence-electron chi connectivity index (χ3n) is 3.34. The summed E-state index contributed by atoms with van der Waals surface area (Å²) in [6.07, 6.45) is 1.24. The third-order valence-corrected chi connectivity index (χ3v) is 3.34. The number of carbonyl (C=O) groups is 1. The number of hydrogen-bond donors (Lipinski definition) is 1. The van der Waals surface area contributed by atoms with E-state index in [9.17, 15) is 4.79 Å². The summed E-state index contributed by atoms with van der Waals surface area (Å²) in [5.41, 5.74) is 0.790. The van der Waals surface area contributed by atoms with E-state index in [1.54, 1.807) is 12.1 Å². The molecular weight excluding hydrogens is 254 g/mol. The van der Waals surface area contributed by atoms with Crippen LogP contribution in [0, 0.1) is 5.92 Å². The first kappa shape index (κ1) is 16.5. The van der Waals surface area contributed by atoms with Crippen molar-refractivity contribution in [2.75, 3.05) is 26.7 Å². The van der Waals surface area contributed by atoms with E-state index >= 15 is 0 Å². The molecular formula is C16H25NO3. The fourth-order valence-electron chi connectivity index (χ4n) is 1.95. The molecule has 0 amide bonds. The topological polar surface area (TPSA) is 49.8 Å². The van der Waals surface area contributed by atoms with Crippen molar-refractivity contribution >= 4 is 5.97 Å². The molecule has 0 spiro atoms. The van der Waals surface area contributed by atoms with Gasteiger partial charge in [-0.2, -0.15) is 0 Å². The lowest BCUT2D eigenvalue weighted by atomic mass is 10.1. The highest BCUT2D eigenvalue weighted by Crippen LogP contribution is 2.12. The van der Waals surface area contributed by atoms with Gasteiger partial charge in [-0.3, -0.25) is 4.79 Å². The first-order chi connectivity index (χ1) is 9.51. The van der Waals surface area contributed by atoms with Crippen molar-refractivity contribution in [2.24, 2.45) is 5.92 Å². The zero-order valence-corrected chi connectivity index (χ0v) is 12.6. The molecule has 0 bridgehead atoms. The molecule has 1 aromatic rings. The van der Waals surface area contributed by atoms with Crippen LogP contribution in [0.5, 0.6) is 5.75 Å². The average molecular weight is 279 g/mol. The molecule has 1 unspecified atom stereocenters. The number of hydrogen-bond acceptors (Lipinski definition) is 3. The molecule has 0 radical (unpaired) electrons. The van der Waals surface area contributed by atoms with Crippen molar-refractivity contribution in [3.8, 4) is 5.75 Å². The fraction of sp³-hybridized carbons (Fsp3) is 0.562. The van der Waals surface area contributed by atoms with Crippen LogP contribution in [0.15, 0.2) is 24.3 Å². The van der Waals surface area contributed by atoms with E-state index in [2.05, 4.69) is 25.8 Å². The highest BCUT2D eigenvalue weighted by Gasteiger charge is 2.05. The van der Waals surface area contributed by atoms with Gasteiger partial charge in [-0.1, -0.05) is 32.4 Å². The molecule has 1 N–H and O–H groups in total.